The Balaban J connectivity index is 1.99. The second-order valence-electron chi connectivity index (χ2n) is 5.11. The van der Waals surface area contributed by atoms with E-state index in [0.717, 1.165) is 17.0 Å². The third kappa shape index (κ3) is 4.79. The van der Waals surface area contributed by atoms with E-state index in [1.807, 2.05) is 19.1 Å². The normalized spacial score (nSPS) is 10.2. The van der Waals surface area contributed by atoms with Crippen LogP contribution >= 0.6 is 11.3 Å². The van der Waals surface area contributed by atoms with E-state index in [9.17, 15) is 9.59 Å². The van der Waals surface area contributed by atoms with Gasteiger partial charge in [-0.05, 0) is 25.0 Å². The highest BCUT2D eigenvalue weighted by Gasteiger charge is 2.12. The Morgan fingerprint density at radius 1 is 1.22 bits per heavy atom. The molecule has 0 aliphatic heterocycles. The first-order valence-corrected chi connectivity index (χ1v) is 8.07. The Hall–Kier alpha value is -2.41. The van der Waals surface area contributed by atoms with Crippen molar-refractivity contribution in [3.05, 3.63) is 46.0 Å². The molecule has 0 bridgehead atoms. The van der Waals surface area contributed by atoms with E-state index in [1.165, 1.54) is 29.5 Å². The predicted molar refractivity (Wildman–Crippen MR) is 91.9 cm³/mol. The number of benzene rings is 1. The number of amides is 3. The lowest BCUT2D eigenvalue weighted by atomic mass is 10.0. The van der Waals surface area contributed by atoms with Crippen LogP contribution in [0.15, 0.2) is 24.3 Å². The molecule has 3 amide bonds. The number of nitrogens with one attached hydrogen (secondary N) is 3. The van der Waals surface area contributed by atoms with Gasteiger partial charge in [0.2, 0.25) is 5.91 Å². The SMILES string of the molecule is CNC(=O)NCC(=O)Nc1nc(C)c(Cc2ccccc2C)s1. The van der Waals surface area contributed by atoms with Crippen molar-refractivity contribution in [3.8, 4) is 0 Å². The topological polar surface area (TPSA) is 83.1 Å². The summed E-state index contributed by atoms with van der Waals surface area (Å²) in [6.07, 6.45) is 0.794. The zero-order chi connectivity index (χ0) is 16.8. The summed E-state index contributed by atoms with van der Waals surface area (Å²) in [5, 5.41) is 8.08. The van der Waals surface area contributed by atoms with E-state index >= 15 is 0 Å². The minimum atomic E-state index is -0.393. The summed E-state index contributed by atoms with van der Waals surface area (Å²) in [6, 6.07) is 7.82. The molecule has 1 aromatic carbocycles. The first-order chi connectivity index (χ1) is 11.0. The van der Waals surface area contributed by atoms with E-state index in [1.54, 1.807) is 0 Å². The number of aromatic nitrogens is 1. The van der Waals surface area contributed by atoms with Gasteiger partial charge in [-0.3, -0.25) is 4.79 Å². The second-order valence-corrected chi connectivity index (χ2v) is 6.20. The number of carbonyl (C=O) groups excluding carboxylic acids is 2. The van der Waals surface area contributed by atoms with Gasteiger partial charge in [0.1, 0.15) is 0 Å². The molecule has 122 valence electrons. The quantitative estimate of drug-likeness (QED) is 0.785. The van der Waals surface area contributed by atoms with Gasteiger partial charge >= 0.3 is 6.03 Å². The molecule has 0 spiro atoms. The monoisotopic (exact) mass is 332 g/mol. The summed E-state index contributed by atoms with van der Waals surface area (Å²) < 4.78 is 0. The van der Waals surface area contributed by atoms with Crippen LogP contribution < -0.4 is 16.0 Å². The summed E-state index contributed by atoms with van der Waals surface area (Å²) in [4.78, 5) is 28.3. The van der Waals surface area contributed by atoms with E-state index in [2.05, 4.69) is 40.0 Å². The molecule has 7 heteroatoms. The van der Waals surface area contributed by atoms with Gasteiger partial charge in [-0.25, -0.2) is 9.78 Å². The number of nitrogens with zero attached hydrogens (tertiary/aromatic N) is 1. The van der Waals surface area contributed by atoms with Gasteiger partial charge < -0.3 is 16.0 Å². The molecule has 23 heavy (non-hydrogen) atoms. The molecule has 6 nitrogen and oxygen atoms in total. The highest BCUT2D eigenvalue weighted by atomic mass is 32.1. The molecule has 0 aliphatic carbocycles. The summed E-state index contributed by atoms with van der Waals surface area (Å²) in [6.45, 7) is 3.92. The lowest BCUT2D eigenvalue weighted by Gasteiger charge is -2.04. The Bertz CT molecular complexity index is 712. The minimum Gasteiger partial charge on any atom is -0.341 e. The van der Waals surface area contributed by atoms with Crippen LogP contribution in [0.1, 0.15) is 21.7 Å². The number of hydrogen-bond acceptors (Lipinski definition) is 4. The maximum Gasteiger partial charge on any atom is 0.314 e. The molecule has 0 fully saturated rings. The van der Waals surface area contributed by atoms with Crippen molar-refractivity contribution in [1.82, 2.24) is 15.6 Å². The maximum atomic E-state index is 11.8. The number of urea groups is 1. The maximum absolute atomic E-state index is 11.8. The van der Waals surface area contributed by atoms with Gasteiger partial charge in [-0.15, -0.1) is 11.3 Å². The second kappa shape index (κ2) is 7.73. The summed E-state index contributed by atoms with van der Waals surface area (Å²) in [5.74, 6) is -0.301. The van der Waals surface area contributed by atoms with Crippen molar-refractivity contribution in [2.45, 2.75) is 20.3 Å². The van der Waals surface area contributed by atoms with Crippen molar-refractivity contribution in [1.29, 1.82) is 0 Å². The number of anilines is 1. The first kappa shape index (κ1) is 17.0. The molecule has 0 aliphatic rings. The number of aryl methyl sites for hydroxylation is 2. The molecule has 0 unspecified atom stereocenters. The van der Waals surface area contributed by atoms with E-state index in [4.69, 9.17) is 0 Å². The van der Waals surface area contributed by atoms with Crippen molar-refractivity contribution >= 4 is 28.4 Å². The number of rotatable bonds is 5. The van der Waals surface area contributed by atoms with Crippen molar-refractivity contribution < 1.29 is 9.59 Å². The van der Waals surface area contributed by atoms with Gasteiger partial charge in [0.15, 0.2) is 5.13 Å². The standard InChI is InChI=1S/C16H20N4O2S/c1-10-6-4-5-7-12(10)8-13-11(2)19-16(23-13)20-14(21)9-18-15(22)17-3/h4-7H,8-9H2,1-3H3,(H2,17,18,22)(H,19,20,21). The van der Waals surface area contributed by atoms with Crippen LogP contribution in [0.4, 0.5) is 9.93 Å². The predicted octanol–water partition coefficient (Wildman–Crippen LogP) is 2.22. The fraction of sp³-hybridized carbons (Fsp3) is 0.312. The smallest absolute Gasteiger partial charge is 0.314 e. The fourth-order valence-electron chi connectivity index (χ4n) is 2.04. The zero-order valence-corrected chi connectivity index (χ0v) is 14.2. The molecular weight excluding hydrogens is 312 g/mol. The average molecular weight is 332 g/mol. The van der Waals surface area contributed by atoms with E-state index in [-0.39, 0.29) is 12.5 Å². The van der Waals surface area contributed by atoms with Gasteiger partial charge in [0.05, 0.1) is 12.2 Å². The molecule has 0 radical (unpaired) electrons. The van der Waals surface area contributed by atoms with Crippen LogP contribution in [0.25, 0.3) is 0 Å². The molecule has 0 saturated heterocycles. The van der Waals surface area contributed by atoms with Crippen LogP contribution in [0.3, 0.4) is 0 Å². The van der Waals surface area contributed by atoms with Crippen molar-refractivity contribution in [2.24, 2.45) is 0 Å². The van der Waals surface area contributed by atoms with E-state index < -0.39 is 6.03 Å². The van der Waals surface area contributed by atoms with E-state index in [0.29, 0.717) is 5.13 Å². The molecular formula is C16H20N4O2S. The third-order valence-corrected chi connectivity index (χ3v) is 4.46. The molecule has 2 aromatic rings. The van der Waals surface area contributed by atoms with Crippen LogP contribution in [0.5, 0.6) is 0 Å². The lowest BCUT2D eigenvalue weighted by Crippen LogP contribution is -2.38. The molecule has 1 heterocycles. The van der Waals surface area contributed by atoms with Crippen LogP contribution in [0.2, 0.25) is 0 Å². The molecule has 0 saturated carbocycles. The Morgan fingerprint density at radius 2 is 1.96 bits per heavy atom. The minimum absolute atomic E-state index is 0.0918. The first-order valence-electron chi connectivity index (χ1n) is 7.26. The van der Waals surface area contributed by atoms with Crippen LogP contribution in [0, 0.1) is 13.8 Å². The number of thiazole rings is 1. The largest absolute Gasteiger partial charge is 0.341 e. The summed E-state index contributed by atoms with van der Waals surface area (Å²) in [5.41, 5.74) is 3.40. The lowest BCUT2D eigenvalue weighted by molar-refractivity contribution is -0.115. The van der Waals surface area contributed by atoms with Crippen LogP contribution in [-0.2, 0) is 11.2 Å². The molecule has 3 N–H and O–H groups in total. The third-order valence-electron chi connectivity index (χ3n) is 3.39. The number of hydrogen-bond donors (Lipinski definition) is 3. The Labute approximate surface area is 139 Å². The number of carbonyl (C=O) groups is 2. The summed E-state index contributed by atoms with van der Waals surface area (Å²) in [7, 11) is 1.50. The highest BCUT2D eigenvalue weighted by Crippen LogP contribution is 2.26. The fourth-order valence-corrected chi connectivity index (χ4v) is 3.04. The van der Waals surface area contributed by atoms with Gasteiger partial charge in [-0.2, -0.15) is 0 Å². The molecule has 1 aromatic heterocycles. The van der Waals surface area contributed by atoms with Gasteiger partial charge in [-0.1, -0.05) is 24.3 Å². The van der Waals surface area contributed by atoms with Gasteiger partial charge in [0.25, 0.3) is 0 Å². The Morgan fingerprint density at radius 3 is 2.65 bits per heavy atom. The zero-order valence-electron chi connectivity index (χ0n) is 13.4. The van der Waals surface area contributed by atoms with Crippen molar-refractivity contribution in [2.75, 3.05) is 18.9 Å². The molecule has 2 rings (SSSR count). The highest BCUT2D eigenvalue weighted by molar-refractivity contribution is 7.15. The van der Waals surface area contributed by atoms with Gasteiger partial charge in [0, 0.05) is 18.3 Å². The average Bonchev–Trinajstić information content (AvgIpc) is 2.86. The molecule has 0 atom stereocenters. The Kier molecular flexibility index (Phi) is 5.70. The van der Waals surface area contributed by atoms with Crippen molar-refractivity contribution in [3.63, 3.8) is 0 Å². The van der Waals surface area contributed by atoms with Crippen LogP contribution in [-0.4, -0.2) is 30.5 Å². The summed E-state index contributed by atoms with van der Waals surface area (Å²) >= 11 is 1.46.